The van der Waals surface area contributed by atoms with Gasteiger partial charge < -0.3 is 4.74 Å². The van der Waals surface area contributed by atoms with Gasteiger partial charge in [0.1, 0.15) is 0 Å². The van der Waals surface area contributed by atoms with Crippen molar-refractivity contribution in [2.75, 3.05) is 7.11 Å². The van der Waals surface area contributed by atoms with Crippen LogP contribution in [0.1, 0.15) is 0 Å². The Labute approximate surface area is 87.4 Å². The van der Waals surface area contributed by atoms with Crippen molar-refractivity contribution in [3.63, 3.8) is 0 Å². The first-order valence-electron chi connectivity index (χ1n) is 3.97. The molecule has 0 saturated carbocycles. The van der Waals surface area contributed by atoms with Gasteiger partial charge in [0.05, 0.1) is 22.1 Å². The zero-order chi connectivity index (χ0) is 11.0. The SMILES string of the molecule is COc1cc2s[nH]c(=O)c2cc1[N+](=O)[O-]. The lowest BCUT2D eigenvalue weighted by atomic mass is 10.2. The maximum atomic E-state index is 11.2. The quantitative estimate of drug-likeness (QED) is 0.621. The van der Waals surface area contributed by atoms with Gasteiger partial charge >= 0.3 is 5.69 Å². The number of nitrogens with one attached hydrogen (secondary N) is 1. The van der Waals surface area contributed by atoms with Crippen LogP contribution in [-0.4, -0.2) is 16.4 Å². The molecule has 2 aromatic rings. The van der Waals surface area contributed by atoms with E-state index in [0.29, 0.717) is 10.1 Å². The van der Waals surface area contributed by atoms with Crippen LogP contribution in [-0.2, 0) is 0 Å². The van der Waals surface area contributed by atoms with E-state index < -0.39 is 4.92 Å². The van der Waals surface area contributed by atoms with E-state index >= 15 is 0 Å². The highest BCUT2D eigenvalue weighted by Crippen LogP contribution is 2.31. The third-order valence-corrected chi connectivity index (χ3v) is 2.82. The molecule has 0 radical (unpaired) electrons. The number of ether oxygens (including phenoxy) is 1. The van der Waals surface area contributed by atoms with Gasteiger partial charge in [-0.25, -0.2) is 0 Å². The number of nitrogens with zero attached hydrogens (tertiary/aromatic N) is 1. The summed E-state index contributed by atoms with van der Waals surface area (Å²) in [6, 6.07) is 2.71. The first-order valence-corrected chi connectivity index (χ1v) is 4.78. The summed E-state index contributed by atoms with van der Waals surface area (Å²) in [5.74, 6) is 0.155. The summed E-state index contributed by atoms with van der Waals surface area (Å²) in [6.45, 7) is 0. The normalized spacial score (nSPS) is 10.5. The molecule has 0 saturated heterocycles. The Morgan fingerprint density at radius 3 is 2.87 bits per heavy atom. The number of H-pyrrole nitrogens is 1. The van der Waals surface area contributed by atoms with Crippen molar-refractivity contribution in [1.29, 1.82) is 0 Å². The molecule has 0 aliphatic heterocycles. The third-order valence-electron chi connectivity index (χ3n) is 1.98. The zero-order valence-electron chi connectivity index (χ0n) is 7.64. The van der Waals surface area contributed by atoms with E-state index in [2.05, 4.69) is 4.37 Å². The second-order valence-corrected chi connectivity index (χ2v) is 3.66. The summed E-state index contributed by atoms with van der Waals surface area (Å²) in [7, 11) is 1.35. The van der Waals surface area contributed by atoms with Gasteiger partial charge in [0, 0.05) is 12.1 Å². The molecule has 0 bridgehead atoms. The van der Waals surface area contributed by atoms with E-state index in [1.807, 2.05) is 0 Å². The number of nitro groups is 1. The Bertz CT molecular complexity index is 586. The second kappa shape index (κ2) is 3.35. The van der Waals surface area contributed by atoms with E-state index in [-0.39, 0.29) is 17.0 Å². The summed E-state index contributed by atoms with van der Waals surface area (Å²) in [6.07, 6.45) is 0. The summed E-state index contributed by atoms with van der Waals surface area (Å²) < 4.78 is 8.02. The number of aromatic nitrogens is 1. The van der Waals surface area contributed by atoms with Gasteiger partial charge in [-0.1, -0.05) is 11.5 Å². The summed E-state index contributed by atoms with van der Waals surface area (Å²) in [5.41, 5.74) is -0.519. The Morgan fingerprint density at radius 2 is 2.27 bits per heavy atom. The highest BCUT2D eigenvalue weighted by atomic mass is 32.1. The Morgan fingerprint density at radius 1 is 1.53 bits per heavy atom. The molecular weight excluding hydrogens is 220 g/mol. The molecule has 0 unspecified atom stereocenters. The third kappa shape index (κ3) is 1.46. The topological polar surface area (TPSA) is 85.2 Å². The van der Waals surface area contributed by atoms with Crippen LogP contribution in [0.2, 0.25) is 0 Å². The average Bonchev–Trinajstić information content (AvgIpc) is 2.58. The molecular formula is C8H6N2O4S. The van der Waals surface area contributed by atoms with Crippen molar-refractivity contribution in [3.05, 3.63) is 32.6 Å². The van der Waals surface area contributed by atoms with Crippen LogP contribution in [0, 0.1) is 10.1 Å². The first kappa shape index (κ1) is 9.66. The summed E-state index contributed by atoms with van der Waals surface area (Å²) >= 11 is 1.12. The molecule has 1 N–H and O–H groups in total. The standard InChI is InChI=1S/C8H6N2O4S/c1-14-6-3-7-4(8(11)9-15-7)2-5(6)10(12)13/h2-3H,1H3,(H,9,11). The molecule has 78 valence electrons. The number of methoxy groups -OCH3 is 1. The van der Waals surface area contributed by atoms with Crippen molar-refractivity contribution in [3.8, 4) is 5.75 Å². The van der Waals surface area contributed by atoms with Gasteiger partial charge in [0.2, 0.25) is 0 Å². The molecule has 0 aliphatic rings. The minimum absolute atomic E-state index is 0.155. The fraction of sp³-hybridized carbons (Fsp3) is 0.125. The molecule has 0 fully saturated rings. The van der Waals surface area contributed by atoms with Gasteiger partial charge in [-0.05, 0) is 0 Å². The fourth-order valence-corrected chi connectivity index (χ4v) is 2.01. The van der Waals surface area contributed by atoms with E-state index in [0.717, 1.165) is 11.5 Å². The lowest BCUT2D eigenvalue weighted by molar-refractivity contribution is -0.385. The Balaban J connectivity index is 2.83. The molecule has 1 aromatic heterocycles. The molecule has 1 aromatic carbocycles. The monoisotopic (exact) mass is 226 g/mol. The van der Waals surface area contributed by atoms with Crippen molar-refractivity contribution >= 4 is 27.3 Å². The number of benzene rings is 1. The smallest absolute Gasteiger partial charge is 0.311 e. The predicted octanol–water partition coefficient (Wildman–Crippen LogP) is 1.51. The Kier molecular flexibility index (Phi) is 2.16. The molecule has 6 nitrogen and oxygen atoms in total. The first-order chi connectivity index (χ1) is 7.13. The highest BCUT2D eigenvalue weighted by Gasteiger charge is 2.17. The van der Waals surface area contributed by atoms with E-state index in [9.17, 15) is 14.9 Å². The number of hydrogen-bond acceptors (Lipinski definition) is 5. The number of aromatic amines is 1. The van der Waals surface area contributed by atoms with Gasteiger partial charge in [-0.15, -0.1) is 0 Å². The van der Waals surface area contributed by atoms with Crippen molar-refractivity contribution in [2.45, 2.75) is 0 Å². The van der Waals surface area contributed by atoms with Crippen molar-refractivity contribution in [1.82, 2.24) is 4.37 Å². The van der Waals surface area contributed by atoms with Crippen LogP contribution in [0.15, 0.2) is 16.9 Å². The lowest BCUT2D eigenvalue weighted by Crippen LogP contribution is -1.98. The van der Waals surface area contributed by atoms with Crippen LogP contribution >= 0.6 is 11.5 Å². The molecule has 0 aliphatic carbocycles. The van der Waals surface area contributed by atoms with Gasteiger partial charge in [-0.2, -0.15) is 0 Å². The van der Waals surface area contributed by atoms with Gasteiger partial charge in [-0.3, -0.25) is 19.3 Å². The number of rotatable bonds is 2. The van der Waals surface area contributed by atoms with Crippen LogP contribution in [0.5, 0.6) is 5.75 Å². The van der Waals surface area contributed by atoms with Gasteiger partial charge in [0.25, 0.3) is 5.56 Å². The average molecular weight is 226 g/mol. The Hall–Kier alpha value is -1.89. The summed E-state index contributed by atoms with van der Waals surface area (Å²) in [4.78, 5) is 21.3. The number of hydrogen-bond donors (Lipinski definition) is 1. The van der Waals surface area contributed by atoms with Crippen LogP contribution in [0.4, 0.5) is 5.69 Å². The van der Waals surface area contributed by atoms with Crippen LogP contribution in [0.25, 0.3) is 10.1 Å². The van der Waals surface area contributed by atoms with Crippen molar-refractivity contribution < 1.29 is 9.66 Å². The van der Waals surface area contributed by atoms with E-state index in [1.54, 1.807) is 0 Å². The molecule has 0 atom stereocenters. The maximum Gasteiger partial charge on any atom is 0.311 e. The molecule has 2 rings (SSSR count). The zero-order valence-corrected chi connectivity index (χ0v) is 8.46. The minimum atomic E-state index is -0.574. The summed E-state index contributed by atoms with van der Waals surface area (Å²) in [5, 5.41) is 11.0. The second-order valence-electron chi connectivity index (χ2n) is 2.81. The molecule has 15 heavy (non-hydrogen) atoms. The maximum absolute atomic E-state index is 11.2. The lowest BCUT2D eigenvalue weighted by Gasteiger charge is -2.00. The molecule has 0 amide bonds. The highest BCUT2D eigenvalue weighted by molar-refractivity contribution is 7.13. The minimum Gasteiger partial charge on any atom is -0.490 e. The number of fused-ring (bicyclic) bond motifs is 1. The van der Waals surface area contributed by atoms with Crippen molar-refractivity contribution in [2.24, 2.45) is 0 Å². The van der Waals surface area contributed by atoms with E-state index in [4.69, 9.17) is 4.74 Å². The van der Waals surface area contributed by atoms with E-state index in [1.165, 1.54) is 19.2 Å². The molecule has 0 spiro atoms. The predicted molar refractivity (Wildman–Crippen MR) is 55.7 cm³/mol. The molecule has 1 heterocycles. The fourth-order valence-electron chi connectivity index (χ4n) is 1.27. The largest absolute Gasteiger partial charge is 0.490 e. The van der Waals surface area contributed by atoms with Crippen LogP contribution in [0.3, 0.4) is 0 Å². The molecule has 7 heteroatoms. The van der Waals surface area contributed by atoms with Crippen LogP contribution < -0.4 is 10.3 Å². The number of nitro benzene ring substituents is 1. The van der Waals surface area contributed by atoms with Gasteiger partial charge in [0.15, 0.2) is 5.75 Å².